The molecule has 23 nitrogen and oxygen atoms in total. The predicted molar refractivity (Wildman–Crippen MR) is 591 cm³/mol. The lowest BCUT2D eigenvalue weighted by Gasteiger charge is -2.40. The summed E-state index contributed by atoms with van der Waals surface area (Å²) in [6.45, 7) is 97.2. The maximum Gasteiger partial charge on any atom is 0.312 e. The van der Waals surface area contributed by atoms with Crippen LogP contribution in [0.3, 0.4) is 0 Å². The van der Waals surface area contributed by atoms with Crippen LogP contribution < -0.4 is 0 Å². The number of ether oxygens (including phenoxy) is 8. The van der Waals surface area contributed by atoms with Gasteiger partial charge in [-0.3, -0.25) is 0 Å². The smallest absolute Gasteiger partial charge is 0.312 e. The molecule has 2 unspecified atom stereocenters. The first-order chi connectivity index (χ1) is 58.9. The largest absolute Gasteiger partial charge is 0.456 e. The molecule has 0 spiro atoms. The van der Waals surface area contributed by atoms with Gasteiger partial charge in [0.2, 0.25) is 0 Å². The maximum absolute atomic E-state index is 10.4. The Labute approximate surface area is 814 Å². The van der Waals surface area contributed by atoms with Gasteiger partial charge in [-0.05, 0) is 298 Å². The summed E-state index contributed by atoms with van der Waals surface area (Å²) in [6.07, 6.45) is 2.98. The molecule has 40 heteroatoms. The topological polar surface area (TPSA) is 278 Å². The standard InChI is InChI=1S/C32H72O5Si3.C29H72O8Si6.C28H74O10Si8/c1-10-38(11-2,12-3)25-19-22-35-30(28-33)32(37-24-21-27-40(16-7,17-8)18-9)31(29-34)36-23-20-26-39(13-4,14-5)15-6;1-38(2,3)35-41(10,11)22-16-19-32-27(25-30)29(34-21-18-24-43(14,15)37-40(7,8)9)28(26-31)33-20-17-23-42(12,13)36-39(4,5)6;1-39(2,3)33-43(11,12)37-45(15,16)35-41(7,8)23-19-21-31-27(25-29)28(26-30)32-22-20-24-42(9,10)36-46(17,18)38-44(13,14)34-40(4,5)6/h30-34H,10-29H2,1-9H3;27-31H,16-26H2,1-15H3;27-30H,19-26H2,1-18H3/t30-,31+,32?;27-,28+,29?;27-,28-/m..1/s1. The molecule has 0 heterocycles. The highest BCUT2D eigenvalue weighted by Crippen LogP contribution is 2.34. The van der Waals surface area contributed by atoms with Gasteiger partial charge >= 0.3 is 34.2 Å². The Kier molecular flexibility index (Phi) is 67.9. The first-order valence-electron chi connectivity index (χ1n) is 50.8. The number of hydrogen-bond acceptors (Lipinski definition) is 23. The predicted octanol–water partition coefficient (Wildman–Crippen LogP) is 23.8. The second-order valence-electron chi connectivity index (χ2n) is 46.6. The number of hydrogen-bond donors (Lipinski definition) is 6. The fourth-order valence-corrected chi connectivity index (χ4v) is 90.2. The number of aliphatic hydroxyl groups is 6. The zero-order valence-corrected chi connectivity index (χ0v) is 109. The lowest BCUT2D eigenvalue weighted by Crippen LogP contribution is -2.56. The minimum absolute atomic E-state index is 0.114. The summed E-state index contributed by atoms with van der Waals surface area (Å²) < 4.78 is 109. The summed E-state index contributed by atoms with van der Waals surface area (Å²) in [6, 6.07) is 20.5. The van der Waals surface area contributed by atoms with Crippen molar-refractivity contribution in [2.45, 2.75) is 481 Å². The molecule has 0 aromatic rings. The van der Waals surface area contributed by atoms with Crippen molar-refractivity contribution in [1.82, 2.24) is 0 Å². The van der Waals surface area contributed by atoms with Crippen molar-refractivity contribution in [3.8, 4) is 0 Å². The quantitative estimate of drug-likeness (QED) is 0.0244. The lowest BCUT2D eigenvalue weighted by atomic mass is 10.1. The lowest BCUT2D eigenvalue weighted by molar-refractivity contribution is -0.159. The summed E-state index contributed by atoms with van der Waals surface area (Å²) in [4.78, 5) is 0. The van der Waals surface area contributed by atoms with Gasteiger partial charge in [0, 0.05) is 52.9 Å². The third-order valence-electron chi connectivity index (χ3n) is 24.4. The zero-order valence-electron chi connectivity index (χ0n) is 92.3. The monoisotopic (exact) mass is 2130 g/mol. The molecule has 129 heavy (non-hydrogen) atoms. The summed E-state index contributed by atoms with van der Waals surface area (Å²) in [5.41, 5.74) is 0. The Balaban J connectivity index is -0.00000185. The average Bonchev–Trinajstić information content (AvgIpc) is 0.832. The molecule has 0 aliphatic carbocycles. The first kappa shape index (κ1) is 136. The molecule has 0 fully saturated rings. The van der Waals surface area contributed by atoms with Crippen molar-refractivity contribution in [3.63, 3.8) is 0 Å². The molecule has 8 atom stereocenters. The first-order valence-corrected chi connectivity index (χ1v) is 103. The van der Waals surface area contributed by atoms with E-state index in [1.807, 2.05) is 0 Å². The van der Waals surface area contributed by atoms with E-state index in [1.54, 1.807) is 0 Å². The van der Waals surface area contributed by atoms with Crippen molar-refractivity contribution < 1.29 is 106 Å². The van der Waals surface area contributed by atoms with Crippen LogP contribution in [0.4, 0.5) is 0 Å². The number of rotatable bonds is 78. The fourth-order valence-electron chi connectivity index (χ4n) is 18.8. The van der Waals surface area contributed by atoms with Crippen LogP contribution in [0.25, 0.3) is 0 Å². The van der Waals surface area contributed by atoms with Gasteiger partial charge in [-0.25, -0.2) is 0 Å². The van der Waals surface area contributed by atoms with Crippen molar-refractivity contribution in [2.24, 2.45) is 0 Å². The minimum atomic E-state index is -2.38. The van der Waals surface area contributed by atoms with Crippen LogP contribution in [0.15, 0.2) is 0 Å². The Hall–Kier alpha value is 2.77. The SMILES string of the molecule is CC[Si](CC)(CC)CCCOC([C@H](CO)OCCC[Si](CC)(CC)CC)[C@@H](CO)OCCC[Si](CC)(CC)CC.C[Si](C)(C)O[Si](C)(C)CCCOC([C@H](CO)OCCC[Si](C)(C)O[Si](C)(C)C)[C@@H](CO)OCCC[Si](C)(C)O[Si](C)(C)C.C[Si](C)(C)O[Si](C)(C)O[Si](C)(C)O[Si](C)(C)CCCO[C@H](CO)[C@@H](CO)OCCC[Si](C)(C)O[Si](C)(C)O[Si](C)(C)O[Si](C)(C)C. The fraction of sp³-hybridized carbons (Fsp3) is 1.00. The molecular weight excluding hydrogens is 1910 g/mol. The van der Waals surface area contributed by atoms with Gasteiger partial charge in [-0.1, -0.05) is 135 Å². The highest BCUT2D eigenvalue weighted by Gasteiger charge is 2.46. The Morgan fingerprint density at radius 2 is 0.318 bits per heavy atom. The van der Waals surface area contributed by atoms with Gasteiger partial charge in [0.15, 0.2) is 83.2 Å². The van der Waals surface area contributed by atoms with Crippen molar-refractivity contribution in [1.29, 1.82) is 0 Å². The van der Waals surface area contributed by atoms with Crippen molar-refractivity contribution in [2.75, 3.05) is 92.5 Å². The normalized spacial score (nSPS) is 16.0. The molecule has 0 saturated heterocycles. The molecule has 0 aliphatic heterocycles. The molecule has 0 aliphatic rings. The third-order valence-corrected chi connectivity index (χ3v) is 88.9. The van der Waals surface area contributed by atoms with Gasteiger partial charge in [0.1, 0.15) is 48.8 Å². The van der Waals surface area contributed by atoms with E-state index in [1.165, 1.54) is 72.5 Å². The van der Waals surface area contributed by atoms with Crippen LogP contribution >= 0.6 is 0 Å². The minimum Gasteiger partial charge on any atom is -0.456 e. The van der Waals surface area contributed by atoms with Crippen LogP contribution in [-0.4, -0.2) is 314 Å². The summed E-state index contributed by atoms with van der Waals surface area (Å²) in [5, 5.41) is 61.6. The Morgan fingerprint density at radius 1 is 0.171 bits per heavy atom. The molecule has 780 valence electrons. The molecule has 0 radical (unpaired) electrons. The van der Waals surface area contributed by atoms with Gasteiger partial charge in [0.05, 0.1) is 63.9 Å². The van der Waals surface area contributed by atoms with Crippen LogP contribution in [0.2, 0.25) is 319 Å². The van der Waals surface area contributed by atoms with E-state index in [0.717, 1.165) is 81.6 Å². The van der Waals surface area contributed by atoms with E-state index in [0.29, 0.717) is 52.9 Å². The molecular formula is C89H218O23Si17. The highest BCUT2D eigenvalue weighted by molar-refractivity contribution is 6.91. The maximum atomic E-state index is 10.4. The Morgan fingerprint density at radius 3 is 0.481 bits per heavy atom. The Bertz CT molecular complexity index is 2610. The molecule has 0 bridgehead atoms. The van der Waals surface area contributed by atoms with Crippen LogP contribution in [0.1, 0.15) is 114 Å². The van der Waals surface area contributed by atoms with E-state index in [-0.39, 0.29) is 39.6 Å². The molecule has 0 rings (SSSR count). The van der Waals surface area contributed by atoms with E-state index in [4.69, 9.17) is 74.9 Å². The van der Waals surface area contributed by atoms with Crippen LogP contribution in [0.5, 0.6) is 0 Å². The van der Waals surface area contributed by atoms with E-state index >= 15 is 0 Å². The van der Waals surface area contributed by atoms with Crippen LogP contribution in [-0.2, 0) is 74.9 Å². The van der Waals surface area contributed by atoms with Crippen molar-refractivity contribution >= 4 is 142 Å². The summed E-state index contributed by atoms with van der Waals surface area (Å²) >= 11 is 0. The highest BCUT2D eigenvalue weighted by atomic mass is 28.5. The second kappa shape index (κ2) is 64.5. The average molecular weight is 2130 g/mol. The van der Waals surface area contributed by atoms with Gasteiger partial charge in [-0.15, -0.1) is 0 Å². The second-order valence-corrected chi connectivity index (χ2v) is 123. The molecule has 0 aromatic heterocycles. The van der Waals surface area contributed by atoms with E-state index in [2.05, 4.69) is 278 Å². The van der Waals surface area contributed by atoms with Crippen LogP contribution in [0, 0.1) is 0 Å². The van der Waals surface area contributed by atoms with Gasteiger partial charge < -0.3 is 106 Å². The zero-order chi connectivity index (χ0) is 101. The number of aliphatic hydroxyl groups excluding tert-OH is 6. The van der Waals surface area contributed by atoms with Gasteiger partial charge in [0.25, 0.3) is 0 Å². The van der Waals surface area contributed by atoms with E-state index < -0.39 is 190 Å². The van der Waals surface area contributed by atoms with Gasteiger partial charge in [-0.2, -0.15) is 0 Å². The molecule has 0 aromatic carbocycles. The molecule has 6 N–H and O–H groups in total. The summed E-state index contributed by atoms with van der Waals surface area (Å²) in [5.74, 6) is 0. The van der Waals surface area contributed by atoms with E-state index in [9.17, 15) is 30.6 Å². The summed E-state index contributed by atoms with van der Waals surface area (Å²) in [7, 11) is -30.5. The van der Waals surface area contributed by atoms with Crippen molar-refractivity contribution in [3.05, 3.63) is 0 Å². The molecule has 0 amide bonds. The third kappa shape index (κ3) is 67.1. The molecule has 0 saturated carbocycles.